The zero-order valence-electron chi connectivity index (χ0n) is 10.1. The summed E-state index contributed by atoms with van der Waals surface area (Å²) in [5.41, 5.74) is 6.11. The van der Waals surface area contributed by atoms with Crippen molar-refractivity contribution in [2.75, 3.05) is 0 Å². The Hall–Kier alpha value is -1.31. The lowest BCUT2D eigenvalue weighted by Gasteiger charge is -2.16. The summed E-state index contributed by atoms with van der Waals surface area (Å²) in [7, 11) is 0. The van der Waals surface area contributed by atoms with Crippen LogP contribution in [0.5, 0.6) is 0 Å². The molecule has 0 spiro atoms. The lowest BCUT2D eigenvalue weighted by molar-refractivity contribution is 0.0945. The number of amidine groups is 1. The number of nitrogens with zero attached hydrogens (tertiary/aromatic N) is 1. The van der Waals surface area contributed by atoms with E-state index >= 15 is 0 Å². The minimum Gasteiger partial charge on any atom is -0.409 e. The molecule has 0 saturated heterocycles. The molecule has 0 aliphatic carbocycles. The number of hydrogen-bond acceptors (Lipinski definition) is 3. The van der Waals surface area contributed by atoms with Crippen LogP contribution in [-0.2, 0) is 0 Å². The van der Waals surface area contributed by atoms with Gasteiger partial charge in [0.15, 0.2) is 5.84 Å². The molecule has 1 aromatic rings. The van der Waals surface area contributed by atoms with Crippen LogP contribution >= 0.6 is 22.6 Å². The molecule has 5 nitrogen and oxygen atoms in total. The van der Waals surface area contributed by atoms with Gasteiger partial charge in [0, 0.05) is 9.13 Å². The number of nitrogens with two attached hydrogens (primary N) is 1. The number of hydrogen-bond donors (Lipinski definition) is 3. The lowest BCUT2D eigenvalue weighted by Crippen LogP contribution is -2.44. The fourth-order valence-electron chi connectivity index (χ4n) is 1.52. The van der Waals surface area contributed by atoms with Gasteiger partial charge in [0.05, 0.1) is 6.04 Å². The van der Waals surface area contributed by atoms with Crippen LogP contribution in [0.25, 0.3) is 0 Å². The number of oxime groups is 1. The van der Waals surface area contributed by atoms with Gasteiger partial charge in [0.25, 0.3) is 5.91 Å². The van der Waals surface area contributed by atoms with E-state index in [0.717, 1.165) is 9.99 Å². The number of benzene rings is 1. The first-order chi connectivity index (χ1) is 8.58. The maximum Gasteiger partial charge on any atom is 0.251 e. The number of amides is 1. The standard InChI is InChI=1S/C12H16IN3O2/c1-2-4-10(11(14)16-18)15-12(17)8-5-3-6-9(13)7-8/h3,5-7,10,18H,2,4H2,1H3,(H2,14,16)(H,15,17). The molecule has 0 bridgehead atoms. The van der Waals surface area contributed by atoms with Gasteiger partial charge in [0.2, 0.25) is 0 Å². The fourth-order valence-corrected chi connectivity index (χ4v) is 2.07. The van der Waals surface area contributed by atoms with Gasteiger partial charge in [-0.15, -0.1) is 0 Å². The molecule has 4 N–H and O–H groups in total. The van der Waals surface area contributed by atoms with Crippen LogP contribution in [0.1, 0.15) is 30.1 Å². The number of halogens is 1. The Morgan fingerprint density at radius 1 is 1.61 bits per heavy atom. The molecule has 0 aliphatic rings. The summed E-state index contributed by atoms with van der Waals surface area (Å²) in [6, 6.07) is 6.79. The maximum absolute atomic E-state index is 12.0. The van der Waals surface area contributed by atoms with E-state index in [-0.39, 0.29) is 11.7 Å². The second-order valence-corrected chi connectivity index (χ2v) is 5.10. The Labute approximate surface area is 120 Å². The van der Waals surface area contributed by atoms with Crippen LogP contribution in [0, 0.1) is 3.57 Å². The third-order valence-corrected chi connectivity index (χ3v) is 3.11. The van der Waals surface area contributed by atoms with Crippen LogP contribution < -0.4 is 11.1 Å². The van der Waals surface area contributed by atoms with E-state index < -0.39 is 6.04 Å². The molecule has 0 saturated carbocycles. The summed E-state index contributed by atoms with van der Waals surface area (Å²) in [4.78, 5) is 12.0. The first-order valence-electron chi connectivity index (χ1n) is 5.62. The van der Waals surface area contributed by atoms with Gasteiger partial charge >= 0.3 is 0 Å². The van der Waals surface area contributed by atoms with Crippen molar-refractivity contribution in [2.24, 2.45) is 10.9 Å². The maximum atomic E-state index is 12.0. The molecular weight excluding hydrogens is 345 g/mol. The molecule has 0 aliphatic heterocycles. The largest absolute Gasteiger partial charge is 0.409 e. The zero-order chi connectivity index (χ0) is 13.5. The third-order valence-electron chi connectivity index (χ3n) is 2.44. The summed E-state index contributed by atoms with van der Waals surface area (Å²) in [6.07, 6.45) is 1.46. The molecule has 98 valence electrons. The number of nitrogens with one attached hydrogen (secondary N) is 1. The van der Waals surface area contributed by atoms with E-state index in [4.69, 9.17) is 10.9 Å². The molecule has 1 atom stereocenters. The van der Waals surface area contributed by atoms with E-state index in [1.165, 1.54) is 0 Å². The first-order valence-corrected chi connectivity index (χ1v) is 6.70. The summed E-state index contributed by atoms with van der Waals surface area (Å²) in [5, 5.41) is 14.4. The highest BCUT2D eigenvalue weighted by Gasteiger charge is 2.17. The van der Waals surface area contributed by atoms with Gasteiger partial charge in [-0.05, 0) is 47.2 Å². The van der Waals surface area contributed by atoms with E-state index in [1.54, 1.807) is 12.1 Å². The molecule has 6 heteroatoms. The van der Waals surface area contributed by atoms with Crippen molar-refractivity contribution in [1.29, 1.82) is 0 Å². The second kappa shape index (κ2) is 7.20. The Bertz CT molecular complexity index is 449. The molecule has 1 unspecified atom stereocenters. The molecule has 0 heterocycles. The van der Waals surface area contributed by atoms with E-state index in [0.29, 0.717) is 12.0 Å². The topological polar surface area (TPSA) is 87.7 Å². The van der Waals surface area contributed by atoms with Crippen molar-refractivity contribution < 1.29 is 10.0 Å². The predicted molar refractivity (Wildman–Crippen MR) is 78.7 cm³/mol. The van der Waals surface area contributed by atoms with Crippen LogP contribution in [0.2, 0.25) is 0 Å². The van der Waals surface area contributed by atoms with Crippen molar-refractivity contribution in [3.8, 4) is 0 Å². The Morgan fingerprint density at radius 3 is 2.89 bits per heavy atom. The first kappa shape index (κ1) is 14.7. The van der Waals surface area contributed by atoms with Gasteiger partial charge in [-0.2, -0.15) is 0 Å². The molecule has 18 heavy (non-hydrogen) atoms. The summed E-state index contributed by atoms with van der Waals surface area (Å²) < 4.78 is 0.982. The van der Waals surface area contributed by atoms with Gasteiger partial charge in [-0.25, -0.2) is 0 Å². The van der Waals surface area contributed by atoms with Gasteiger partial charge < -0.3 is 16.3 Å². The van der Waals surface area contributed by atoms with Crippen LogP contribution in [0.15, 0.2) is 29.4 Å². The van der Waals surface area contributed by atoms with Crippen molar-refractivity contribution in [3.05, 3.63) is 33.4 Å². The molecule has 1 rings (SSSR count). The molecule has 1 aromatic carbocycles. The number of rotatable bonds is 5. The van der Waals surface area contributed by atoms with Crippen molar-refractivity contribution in [3.63, 3.8) is 0 Å². The highest BCUT2D eigenvalue weighted by molar-refractivity contribution is 14.1. The normalized spacial score (nSPS) is 13.1. The van der Waals surface area contributed by atoms with Crippen LogP contribution in [0.4, 0.5) is 0 Å². The molecular formula is C12H16IN3O2. The average Bonchev–Trinajstić information content (AvgIpc) is 2.37. The van der Waals surface area contributed by atoms with Crippen molar-refractivity contribution in [1.82, 2.24) is 5.32 Å². The Balaban J connectivity index is 2.78. The van der Waals surface area contributed by atoms with Gasteiger partial charge in [-0.3, -0.25) is 4.79 Å². The minimum atomic E-state index is -0.439. The quantitative estimate of drug-likeness (QED) is 0.246. The van der Waals surface area contributed by atoms with Crippen molar-refractivity contribution >= 4 is 34.3 Å². The second-order valence-electron chi connectivity index (χ2n) is 3.85. The third kappa shape index (κ3) is 4.17. The zero-order valence-corrected chi connectivity index (χ0v) is 12.2. The molecule has 1 amide bonds. The smallest absolute Gasteiger partial charge is 0.251 e. The van der Waals surface area contributed by atoms with E-state index in [1.807, 2.05) is 19.1 Å². The minimum absolute atomic E-state index is 0.0239. The monoisotopic (exact) mass is 361 g/mol. The van der Waals surface area contributed by atoms with E-state index in [9.17, 15) is 4.79 Å². The number of carbonyl (C=O) groups is 1. The summed E-state index contributed by atoms with van der Waals surface area (Å²) in [5.74, 6) is -0.200. The lowest BCUT2D eigenvalue weighted by atomic mass is 10.1. The van der Waals surface area contributed by atoms with Crippen LogP contribution in [0.3, 0.4) is 0 Å². The SMILES string of the molecule is CCCC(NC(=O)c1cccc(I)c1)/C(N)=N/O. The van der Waals surface area contributed by atoms with Gasteiger partial charge in [0.1, 0.15) is 0 Å². The Kier molecular flexibility index (Phi) is 5.90. The average molecular weight is 361 g/mol. The summed E-state index contributed by atoms with van der Waals surface area (Å²) >= 11 is 2.14. The highest BCUT2D eigenvalue weighted by atomic mass is 127. The highest BCUT2D eigenvalue weighted by Crippen LogP contribution is 2.08. The van der Waals surface area contributed by atoms with Crippen molar-refractivity contribution in [2.45, 2.75) is 25.8 Å². The fraction of sp³-hybridized carbons (Fsp3) is 0.333. The van der Waals surface area contributed by atoms with Crippen LogP contribution in [-0.4, -0.2) is 23.0 Å². The summed E-state index contributed by atoms with van der Waals surface area (Å²) in [6.45, 7) is 1.97. The number of carbonyl (C=O) groups excluding carboxylic acids is 1. The molecule has 0 radical (unpaired) electrons. The molecule has 0 fully saturated rings. The van der Waals surface area contributed by atoms with Gasteiger partial charge in [-0.1, -0.05) is 24.6 Å². The predicted octanol–water partition coefficient (Wildman–Crippen LogP) is 1.94. The Morgan fingerprint density at radius 2 is 2.33 bits per heavy atom. The molecule has 0 aromatic heterocycles. The van der Waals surface area contributed by atoms with E-state index in [2.05, 4.69) is 33.1 Å².